The first kappa shape index (κ1) is 16.5. The Morgan fingerprint density at radius 2 is 2.13 bits per heavy atom. The molecule has 0 aliphatic carbocycles. The maximum atomic E-state index is 12.4. The highest BCUT2D eigenvalue weighted by Gasteiger charge is 2.19. The van der Waals surface area contributed by atoms with Gasteiger partial charge in [0.1, 0.15) is 0 Å². The second-order valence-corrected chi connectivity index (χ2v) is 7.22. The van der Waals surface area contributed by atoms with E-state index in [1.165, 1.54) is 6.42 Å². The van der Waals surface area contributed by atoms with E-state index in [1.54, 1.807) is 11.3 Å². The molecule has 3 rings (SSSR count). The molecule has 2 atom stereocenters. The van der Waals surface area contributed by atoms with Gasteiger partial charge in [0.15, 0.2) is 0 Å². The monoisotopic (exact) mass is 348 g/mol. The van der Waals surface area contributed by atoms with E-state index in [1.807, 2.05) is 29.6 Å². The van der Waals surface area contributed by atoms with Crippen LogP contribution in [0.3, 0.4) is 0 Å². The Labute approximate surface area is 146 Å². The lowest BCUT2D eigenvalue weighted by molar-refractivity contribution is -0.121. The molecule has 2 heterocycles. The zero-order valence-electron chi connectivity index (χ0n) is 12.9. The van der Waals surface area contributed by atoms with Gasteiger partial charge in [-0.25, -0.2) is 0 Å². The molecule has 0 saturated carbocycles. The average molecular weight is 349 g/mol. The minimum Gasteiger partial charge on any atom is -0.345 e. The molecular formula is C18H21ClN2OS. The zero-order chi connectivity index (χ0) is 16.1. The van der Waals surface area contributed by atoms with Crippen LogP contribution in [0.15, 0.2) is 41.1 Å². The summed E-state index contributed by atoms with van der Waals surface area (Å²) in [6.07, 6.45) is 2.72. The molecule has 1 aromatic heterocycles. The maximum Gasteiger partial charge on any atom is 0.220 e. The topological polar surface area (TPSA) is 41.1 Å². The Hall–Kier alpha value is -1.36. The molecule has 2 aromatic rings. The van der Waals surface area contributed by atoms with E-state index in [2.05, 4.69) is 22.1 Å². The Bertz CT molecular complexity index is 621. The highest BCUT2D eigenvalue weighted by Crippen LogP contribution is 2.26. The lowest BCUT2D eigenvalue weighted by atomic mass is 9.99. The van der Waals surface area contributed by atoms with Crippen LogP contribution in [0.1, 0.15) is 36.4 Å². The van der Waals surface area contributed by atoms with Crippen molar-refractivity contribution in [3.63, 3.8) is 0 Å². The quantitative estimate of drug-likeness (QED) is 0.828. The van der Waals surface area contributed by atoms with E-state index < -0.39 is 0 Å². The Balaban J connectivity index is 1.66. The van der Waals surface area contributed by atoms with Crippen molar-refractivity contribution in [3.05, 3.63) is 57.2 Å². The SMILES string of the molecule is O=C(CCC1CCNC1)NC(c1ccc(Cl)cc1)c1ccsc1. The lowest BCUT2D eigenvalue weighted by Gasteiger charge is -2.19. The number of amides is 1. The van der Waals surface area contributed by atoms with E-state index in [0.29, 0.717) is 17.4 Å². The van der Waals surface area contributed by atoms with E-state index in [4.69, 9.17) is 11.6 Å². The molecule has 1 saturated heterocycles. The Kier molecular flexibility index (Phi) is 5.70. The molecule has 1 aromatic carbocycles. The largest absolute Gasteiger partial charge is 0.345 e. The van der Waals surface area contributed by atoms with Gasteiger partial charge in [0.25, 0.3) is 0 Å². The molecule has 1 aliphatic heterocycles. The van der Waals surface area contributed by atoms with Crippen LogP contribution in [0.2, 0.25) is 5.02 Å². The number of hydrogen-bond donors (Lipinski definition) is 2. The van der Waals surface area contributed by atoms with Crippen LogP contribution >= 0.6 is 22.9 Å². The van der Waals surface area contributed by atoms with Crippen molar-refractivity contribution in [2.24, 2.45) is 5.92 Å². The number of halogens is 1. The van der Waals surface area contributed by atoms with Crippen molar-refractivity contribution in [2.45, 2.75) is 25.3 Å². The number of nitrogens with one attached hydrogen (secondary N) is 2. The summed E-state index contributed by atoms with van der Waals surface area (Å²) >= 11 is 7.62. The molecule has 1 fully saturated rings. The van der Waals surface area contributed by atoms with Gasteiger partial charge in [-0.15, -0.1) is 0 Å². The van der Waals surface area contributed by atoms with Crippen molar-refractivity contribution in [1.29, 1.82) is 0 Å². The Morgan fingerprint density at radius 3 is 2.78 bits per heavy atom. The fourth-order valence-corrected chi connectivity index (χ4v) is 3.79. The van der Waals surface area contributed by atoms with Gasteiger partial charge in [-0.3, -0.25) is 4.79 Å². The van der Waals surface area contributed by atoms with Gasteiger partial charge < -0.3 is 10.6 Å². The van der Waals surface area contributed by atoms with E-state index in [9.17, 15) is 4.79 Å². The van der Waals surface area contributed by atoms with Crippen molar-refractivity contribution < 1.29 is 4.79 Å². The van der Waals surface area contributed by atoms with Crippen LogP contribution in [0.4, 0.5) is 0 Å². The first-order chi connectivity index (χ1) is 11.2. The second kappa shape index (κ2) is 7.95. The highest BCUT2D eigenvalue weighted by molar-refractivity contribution is 7.08. The summed E-state index contributed by atoms with van der Waals surface area (Å²) in [5.74, 6) is 0.749. The summed E-state index contributed by atoms with van der Waals surface area (Å²) in [5.41, 5.74) is 2.18. The zero-order valence-corrected chi connectivity index (χ0v) is 14.5. The molecule has 5 heteroatoms. The summed E-state index contributed by atoms with van der Waals surface area (Å²) in [4.78, 5) is 12.4. The molecule has 3 nitrogen and oxygen atoms in total. The highest BCUT2D eigenvalue weighted by atomic mass is 35.5. The second-order valence-electron chi connectivity index (χ2n) is 6.01. The number of thiophene rings is 1. The van der Waals surface area contributed by atoms with E-state index in [-0.39, 0.29) is 11.9 Å². The van der Waals surface area contributed by atoms with Gasteiger partial charge in [-0.1, -0.05) is 23.7 Å². The fraction of sp³-hybridized carbons (Fsp3) is 0.389. The standard InChI is InChI=1S/C18H21ClN2OS/c19-16-4-2-14(3-5-16)18(15-8-10-23-12-15)21-17(22)6-1-13-7-9-20-11-13/h2-5,8,10,12-13,18,20H,1,6-7,9,11H2,(H,21,22). The number of carbonyl (C=O) groups excluding carboxylic acids is 1. The molecular weight excluding hydrogens is 328 g/mol. The molecule has 2 unspecified atom stereocenters. The predicted molar refractivity (Wildman–Crippen MR) is 96.0 cm³/mol. The summed E-state index contributed by atoms with van der Waals surface area (Å²) in [5, 5.41) is 11.4. The first-order valence-corrected chi connectivity index (χ1v) is 9.32. The molecule has 0 spiro atoms. The molecule has 1 aliphatic rings. The van der Waals surface area contributed by atoms with Gasteiger partial charge in [-0.05, 0) is 71.9 Å². The van der Waals surface area contributed by atoms with Crippen molar-refractivity contribution >= 4 is 28.8 Å². The number of carbonyl (C=O) groups is 1. The number of benzene rings is 1. The van der Waals surface area contributed by atoms with E-state index >= 15 is 0 Å². The Morgan fingerprint density at radius 1 is 1.30 bits per heavy atom. The van der Waals surface area contributed by atoms with Crippen LogP contribution in [-0.4, -0.2) is 19.0 Å². The van der Waals surface area contributed by atoms with Crippen LogP contribution < -0.4 is 10.6 Å². The lowest BCUT2D eigenvalue weighted by Crippen LogP contribution is -2.29. The first-order valence-electron chi connectivity index (χ1n) is 8.00. The third-order valence-corrected chi connectivity index (χ3v) is 5.28. The summed E-state index contributed by atoms with van der Waals surface area (Å²) in [6.45, 7) is 2.12. The normalized spacial score (nSPS) is 18.7. The molecule has 1 amide bonds. The van der Waals surface area contributed by atoms with Crippen molar-refractivity contribution in [1.82, 2.24) is 10.6 Å². The van der Waals surface area contributed by atoms with Gasteiger partial charge in [0.2, 0.25) is 5.91 Å². The summed E-state index contributed by atoms with van der Waals surface area (Å²) < 4.78 is 0. The fourth-order valence-electron chi connectivity index (χ4n) is 2.98. The smallest absolute Gasteiger partial charge is 0.220 e. The van der Waals surface area contributed by atoms with Gasteiger partial charge in [-0.2, -0.15) is 11.3 Å². The third kappa shape index (κ3) is 4.56. The number of hydrogen-bond acceptors (Lipinski definition) is 3. The van der Waals surface area contributed by atoms with Crippen LogP contribution in [0, 0.1) is 5.92 Å². The summed E-state index contributed by atoms with van der Waals surface area (Å²) in [6, 6.07) is 9.65. The van der Waals surface area contributed by atoms with Gasteiger partial charge in [0, 0.05) is 11.4 Å². The minimum absolute atomic E-state index is 0.104. The molecule has 23 heavy (non-hydrogen) atoms. The molecule has 122 valence electrons. The van der Waals surface area contributed by atoms with E-state index in [0.717, 1.165) is 30.6 Å². The minimum atomic E-state index is -0.104. The van der Waals surface area contributed by atoms with Gasteiger partial charge >= 0.3 is 0 Å². The molecule has 0 bridgehead atoms. The third-order valence-electron chi connectivity index (χ3n) is 4.33. The van der Waals surface area contributed by atoms with Crippen LogP contribution in [0.5, 0.6) is 0 Å². The summed E-state index contributed by atoms with van der Waals surface area (Å²) in [7, 11) is 0. The predicted octanol–water partition coefficient (Wildman–Crippen LogP) is 4.00. The van der Waals surface area contributed by atoms with Gasteiger partial charge in [0.05, 0.1) is 6.04 Å². The molecule has 0 radical (unpaired) electrons. The maximum absolute atomic E-state index is 12.4. The average Bonchev–Trinajstić information content (AvgIpc) is 3.25. The molecule has 2 N–H and O–H groups in total. The van der Waals surface area contributed by atoms with Crippen LogP contribution in [0.25, 0.3) is 0 Å². The van der Waals surface area contributed by atoms with Crippen molar-refractivity contribution in [2.75, 3.05) is 13.1 Å². The number of rotatable bonds is 6. The van der Waals surface area contributed by atoms with Crippen LogP contribution in [-0.2, 0) is 4.79 Å². The van der Waals surface area contributed by atoms with Crippen molar-refractivity contribution in [3.8, 4) is 0 Å².